The number of hydrogen-bond acceptors (Lipinski definition) is 4. The zero-order valence-corrected chi connectivity index (χ0v) is 9.77. The molecule has 0 aliphatic carbocycles. The topological polar surface area (TPSA) is 56.7 Å². The van der Waals surface area contributed by atoms with Gasteiger partial charge in [0.1, 0.15) is 5.69 Å². The van der Waals surface area contributed by atoms with Crippen molar-refractivity contribution in [2.24, 2.45) is 0 Å². The van der Waals surface area contributed by atoms with Gasteiger partial charge in [-0.25, -0.2) is 0 Å². The molecule has 5 heteroatoms. The van der Waals surface area contributed by atoms with E-state index in [1.165, 1.54) is 0 Å². The Hall–Kier alpha value is -1.39. The average Bonchev–Trinajstić information content (AvgIpc) is 2.56. The third-order valence-corrected chi connectivity index (χ3v) is 2.22. The predicted octanol–water partition coefficient (Wildman–Crippen LogP) is 2.30. The summed E-state index contributed by atoms with van der Waals surface area (Å²) in [6.45, 7) is 10.3. The van der Waals surface area contributed by atoms with E-state index in [1.54, 1.807) is 4.80 Å². The minimum atomic E-state index is -0.0664. The van der Waals surface area contributed by atoms with Gasteiger partial charge in [0, 0.05) is 5.41 Å². The average molecular weight is 208 g/mol. The summed E-state index contributed by atoms with van der Waals surface area (Å²) < 4.78 is 5.16. The van der Waals surface area contributed by atoms with E-state index in [9.17, 15) is 0 Å². The minimum Gasteiger partial charge on any atom is -0.332 e. The van der Waals surface area contributed by atoms with Gasteiger partial charge in [-0.3, -0.25) is 0 Å². The highest BCUT2D eigenvalue weighted by atomic mass is 16.5. The highest BCUT2D eigenvalue weighted by molar-refractivity contribution is 5.71. The molecule has 15 heavy (non-hydrogen) atoms. The zero-order chi connectivity index (χ0) is 11.2. The van der Waals surface area contributed by atoms with Crippen molar-refractivity contribution in [3.05, 3.63) is 5.69 Å². The van der Waals surface area contributed by atoms with Crippen LogP contribution in [0, 0.1) is 0 Å². The number of fused-ring (bicyclic) bond motifs is 1. The van der Waals surface area contributed by atoms with Gasteiger partial charge in [-0.2, -0.15) is 4.80 Å². The molecule has 0 aliphatic rings. The fraction of sp³-hybridized carbons (Fsp3) is 0.700. The van der Waals surface area contributed by atoms with E-state index < -0.39 is 0 Å². The standard InChI is InChI=1S/C10H16N4O/c1-6(2)14-11-7-8(10(3,4)5)13-15-9(7)12-14/h6H,1-5H3. The Kier molecular flexibility index (Phi) is 2.06. The van der Waals surface area contributed by atoms with E-state index in [1.807, 2.05) is 13.8 Å². The van der Waals surface area contributed by atoms with Gasteiger partial charge in [0.05, 0.1) is 6.04 Å². The maximum Gasteiger partial charge on any atom is 0.296 e. The number of hydrogen-bond donors (Lipinski definition) is 0. The maximum absolute atomic E-state index is 5.16. The summed E-state index contributed by atoms with van der Waals surface area (Å²) in [7, 11) is 0. The fourth-order valence-corrected chi connectivity index (χ4v) is 1.37. The summed E-state index contributed by atoms with van der Waals surface area (Å²) in [6, 6.07) is 0.236. The predicted molar refractivity (Wildman–Crippen MR) is 56.7 cm³/mol. The molecule has 0 amide bonds. The molecule has 0 aromatic carbocycles. The lowest BCUT2D eigenvalue weighted by Crippen LogP contribution is -2.12. The molecule has 5 nitrogen and oxygen atoms in total. The van der Waals surface area contributed by atoms with E-state index in [-0.39, 0.29) is 11.5 Å². The van der Waals surface area contributed by atoms with Gasteiger partial charge in [-0.05, 0) is 13.8 Å². The summed E-state index contributed by atoms with van der Waals surface area (Å²) in [4.78, 5) is 1.66. The zero-order valence-electron chi connectivity index (χ0n) is 9.77. The molecular formula is C10H16N4O. The molecule has 2 heterocycles. The lowest BCUT2D eigenvalue weighted by Gasteiger charge is -2.12. The molecule has 82 valence electrons. The summed E-state index contributed by atoms with van der Waals surface area (Å²) in [5.41, 5.74) is 2.09. The van der Waals surface area contributed by atoms with Crippen LogP contribution in [0.5, 0.6) is 0 Å². The van der Waals surface area contributed by atoms with Crippen LogP contribution in [0.4, 0.5) is 0 Å². The van der Waals surface area contributed by atoms with Crippen LogP contribution in [-0.2, 0) is 5.41 Å². The van der Waals surface area contributed by atoms with Crippen LogP contribution in [0.1, 0.15) is 46.4 Å². The van der Waals surface area contributed by atoms with Gasteiger partial charge < -0.3 is 4.52 Å². The number of rotatable bonds is 1. The van der Waals surface area contributed by atoms with E-state index in [4.69, 9.17) is 4.52 Å². The lowest BCUT2D eigenvalue weighted by atomic mass is 9.92. The Balaban J connectivity index is 2.59. The molecule has 0 radical (unpaired) electrons. The molecule has 0 spiro atoms. The smallest absolute Gasteiger partial charge is 0.296 e. The van der Waals surface area contributed by atoms with Crippen molar-refractivity contribution in [1.29, 1.82) is 0 Å². The SMILES string of the molecule is CC(C)n1nc2onc(C(C)(C)C)c2n1. The Labute approximate surface area is 88.4 Å². The molecule has 0 fully saturated rings. The molecule has 2 aromatic heterocycles. The number of nitrogens with zero attached hydrogens (tertiary/aromatic N) is 4. The summed E-state index contributed by atoms with van der Waals surface area (Å²) >= 11 is 0. The van der Waals surface area contributed by atoms with Gasteiger partial charge in [-0.15, -0.1) is 10.2 Å². The van der Waals surface area contributed by atoms with Crippen molar-refractivity contribution >= 4 is 11.2 Å². The third kappa shape index (κ3) is 1.62. The Bertz CT molecular complexity index is 475. The second-order valence-corrected chi connectivity index (χ2v) is 5.05. The molecule has 0 saturated carbocycles. The van der Waals surface area contributed by atoms with Gasteiger partial charge in [0.15, 0.2) is 5.52 Å². The van der Waals surface area contributed by atoms with Crippen LogP contribution >= 0.6 is 0 Å². The summed E-state index contributed by atoms with van der Waals surface area (Å²) in [6.07, 6.45) is 0. The lowest BCUT2D eigenvalue weighted by molar-refractivity contribution is 0.394. The molecule has 0 atom stereocenters. The monoisotopic (exact) mass is 208 g/mol. The molecule has 2 aromatic rings. The Morgan fingerprint density at radius 2 is 1.87 bits per heavy atom. The first kappa shape index (κ1) is 10.1. The van der Waals surface area contributed by atoms with Crippen LogP contribution in [0.15, 0.2) is 4.52 Å². The van der Waals surface area contributed by atoms with Crippen molar-refractivity contribution < 1.29 is 4.52 Å². The molecule has 0 bridgehead atoms. The van der Waals surface area contributed by atoms with Crippen LogP contribution < -0.4 is 0 Å². The largest absolute Gasteiger partial charge is 0.332 e. The maximum atomic E-state index is 5.16. The molecule has 2 rings (SSSR count). The van der Waals surface area contributed by atoms with Crippen molar-refractivity contribution in [2.45, 2.75) is 46.1 Å². The fourth-order valence-electron chi connectivity index (χ4n) is 1.37. The van der Waals surface area contributed by atoms with Crippen molar-refractivity contribution in [3.8, 4) is 0 Å². The van der Waals surface area contributed by atoms with Crippen molar-refractivity contribution in [2.75, 3.05) is 0 Å². The summed E-state index contributed by atoms with van der Waals surface area (Å²) in [5.74, 6) is 0. The molecule has 0 saturated heterocycles. The van der Waals surface area contributed by atoms with Crippen molar-refractivity contribution in [3.63, 3.8) is 0 Å². The van der Waals surface area contributed by atoms with E-state index in [0.29, 0.717) is 5.71 Å². The van der Waals surface area contributed by atoms with Crippen molar-refractivity contribution in [1.82, 2.24) is 20.2 Å². The Morgan fingerprint density at radius 3 is 2.40 bits per heavy atom. The molecule has 0 N–H and O–H groups in total. The molecule has 0 aliphatic heterocycles. The van der Waals surface area contributed by atoms with Gasteiger partial charge in [-0.1, -0.05) is 25.9 Å². The first-order valence-corrected chi connectivity index (χ1v) is 5.12. The van der Waals surface area contributed by atoms with Gasteiger partial charge in [0.2, 0.25) is 0 Å². The van der Waals surface area contributed by atoms with E-state index >= 15 is 0 Å². The highest BCUT2D eigenvalue weighted by Gasteiger charge is 2.25. The Morgan fingerprint density at radius 1 is 1.20 bits per heavy atom. The van der Waals surface area contributed by atoms with E-state index in [2.05, 4.69) is 36.1 Å². The first-order chi connectivity index (χ1) is 6.89. The quantitative estimate of drug-likeness (QED) is 0.721. The first-order valence-electron chi connectivity index (χ1n) is 5.12. The van der Waals surface area contributed by atoms with Gasteiger partial charge in [0.25, 0.3) is 5.71 Å². The summed E-state index contributed by atoms with van der Waals surface area (Å²) in [5, 5.41) is 12.6. The highest BCUT2D eigenvalue weighted by Crippen LogP contribution is 2.27. The van der Waals surface area contributed by atoms with E-state index in [0.717, 1.165) is 11.2 Å². The second kappa shape index (κ2) is 3.05. The van der Waals surface area contributed by atoms with Crippen LogP contribution in [0.3, 0.4) is 0 Å². The van der Waals surface area contributed by atoms with Gasteiger partial charge >= 0.3 is 0 Å². The van der Waals surface area contributed by atoms with Crippen LogP contribution in [-0.4, -0.2) is 20.2 Å². The second-order valence-electron chi connectivity index (χ2n) is 5.05. The van der Waals surface area contributed by atoms with Crippen LogP contribution in [0.25, 0.3) is 11.2 Å². The molecule has 0 unspecified atom stereocenters. The third-order valence-electron chi connectivity index (χ3n) is 2.22. The normalized spacial score (nSPS) is 12.9. The number of aromatic nitrogens is 4. The molecular weight excluding hydrogens is 192 g/mol. The minimum absolute atomic E-state index is 0.0664. The van der Waals surface area contributed by atoms with Crippen LogP contribution in [0.2, 0.25) is 0 Å².